The Labute approximate surface area is 188 Å². The van der Waals surface area contributed by atoms with Gasteiger partial charge in [0.2, 0.25) is 4.96 Å². The van der Waals surface area contributed by atoms with Gasteiger partial charge in [-0.15, -0.1) is 5.10 Å². The molecule has 0 atom stereocenters. The summed E-state index contributed by atoms with van der Waals surface area (Å²) in [6.07, 6.45) is 7.12. The minimum atomic E-state index is -0.199. The van der Waals surface area contributed by atoms with Crippen molar-refractivity contribution in [2.75, 3.05) is 20.8 Å². The van der Waals surface area contributed by atoms with Crippen molar-refractivity contribution in [2.45, 2.75) is 0 Å². The smallest absolute Gasteiger partial charge is 0.291 e. The van der Waals surface area contributed by atoms with Gasteiger partial charge in [0, 0.05) is 0 Å². The zero-order valence-electron chi connectivity index (χ0n) is 17.6. The van der Waals surface area contributed by atoms with Crippen LogP contribution in [0.5, 0.6) is 17.2 Å². The molecule has 162 valence electrons. The number of thiazole rings is 1. The zero-order valence-corrected chi connectivity index (χ0v) is 18.5. The predicted octanol–water partition coefficient (Wildman–Crippen LogP) is 3.45. The number of methoxy groups -OCH3 is 2. The number of benzene rings is 2. The Kier molecular flexibility index (Phi) is 6.32. The molecule has 0 unspecified atom stereocenters. The number of hydrogen-bond donors (Lipinski definition) is 0. The van der Waals surface area contributed by atoms with Gasteiger partial charge in [-0.2, -0.15) is 9.50 Å². The molecule has 0 aliphatic carbocycles. The standard InChI is InChI=1S/C24H21N3O4S/c1-4-13-31-18-9-5-17(6-10-18)15-21-23(28)27-24(32-21)25-22(26-27)12-8-16-7-11-19(29-2)20(14-16)30-3/h4-12,14-15H,1,13H2,2-3H3/b12-8+,21-15-. The normalized spacial score (nSPS) is 11.9. The van der Waals surface area contributed by atoms with Crippen molar-refractivity contribution in [2.24, 2.45) is 0 Å². The van der Waals surface area contributed by atoms with Crippen LogP contribution in [0.15, 0.2) is 59.9 Å². The average molecular weight is 448 g/mol. The van der Waals surface area contributed by atoms with Crippen molar-refractivity contribution >= 4 is 34.5 Å². The second-order valence-electron chi connectivity index (χ2n) is 6.70. The third-order valence-electron chi connectivity index (χ3n) is 4.58. The monoisotopic (exact) mass is 447 g/mol. The molecule has 0 amide bonds. The van der Waals surface area contributed by atoms with Crippen molar-refractivity contribution < 1.29 is 14.2 Å². The highest BCUT2D eigenvalue weighted by atomic mass is 32.1. The summed E-state index contributed by atoms with van der Waals surface area (Å²) >= 11 is 1.30. The number of rotatable bonds is 8. The highest BCUT2D eigenvalue weighted by Crippen LogP contribution is 2.28. The van der Waals surface area contributed by atoms with E-state index >= 15 is 0 Å². The van der Waals surface area contributed by atoms with E-state index in [4.69, 9.17) is 14.2 Å². The first kappa shape index (κ1) is 21.3. The zero-order chi connectivity index (χ0) is 22.5. The van der Waals surface area contributed by atoms with E-state index in [9.17, 15) is 4.79 Å². The molecule has 0 saturated heterocycles. The van der Waals surface area contributed by atoms with E-state index in [1.807, 2.05) is 54.6 Å². The predicted molar refractivity (Wildman–Crippen MR) is 127 cm³/mol. The molecule has 32 heavy (non-hydrogen) atoms. The Morgan fingerprint density at radius 3 is 2.47 bits per heavy atom. The van der Waals surface area contributed by atoms with E-state index in [1.54, 1.807) is 26.4 Å². The van der Waals surface area contributed by atoms with Gasteiger partial charge >= 0.3 is 0 Å². The summed E-state index contributed by atoms with van der Waals surface area (Å²) in [6, 6.07) is 13.1. The molecule has 0 aliphatic rings. The number of nitrogens with zero attached hydrogens (tertiary/aromatic N) is 3. The molecule has 0 radical (unpaired) electrons. The molecule has 7 nitrogen and oxygen atoms in total. The lowest BCUT2D eigenvalue weighted by Gasteiger charge is -2.07. The maximum Gasteiger partial charge on any atom is 0.291 e. The van der Waals surface area contributed by atoms with E-state index in [1.165, 1.54) is 15.9 Å². The van der Waals surface area contributed by atoms with Crippen LogP contribution in [0, 0.1) is 0 Å². The highest BCUT2D eigenvalue weighted by Gasteiger charge is 2.09. The molecule has 4 aromatic rings. The fourth-order valence-electron chi connectivity index (χ4n) is 3.01. The molecule has 2 aromatic carbocycles. The molecular weight excluding hydrogens is 426 g/mol. The lowest BCUT2D eigenvalue weighted by molar-refractivity contribution is 0.355. The van der Waals surface area contributed by atoms with E-state index in [0.29, 0.717) is 33.4 Å². The lowest BCUT2D eigenvalue weighted by atomic mass is 10.2. The second kappa shape index (κ2) is 9.49. The van der Waals surface area contributed by atoms with Gasteiger partial charge < -0.3 is 14.2 Å². The molecule has 0 spiro atoms. The molecule has 8 heteroatoms. The maximum absolute atomic E-state index is 12.7. The van der Waals surface area contributed by atoms with Crippen molar-refractivity contribution in [1.82, 2.24) is 14.6 Å². The minimum absolute atomic E-state index is 0.199. The largest absolute Gasteiger partial charge is 0.493 e. The third-order valence-corrected chi connectivity index (χ3v) is 5.54. The summed E-state index contributed by atoms with van der Waals surface area (Å²) in [5.41, 5.74) is 1.60. The van der Waals surface area contributed by atoms with Crippen LogP contribution >= 0.6 is 11.3 Å². The quantitative estimate of drug-likeness (QED) is 0.385. The van der Waals surface area contributed by atoms with Crippen LogP contribution in [0.2, 0.25) is 0 Å². The van der Waals surface area contributed by atoms with Gasteiger partial charge in [-0.3, -0.25) is 4.79 Å². The van der Waals surface area contributed by atoms with Crippen molar-refractivity contribution in [3.63, 3.8) is 0 Å². The molecule has 0 fully saturated rings. The summed E-state index contributed by atoms with van der Waals surface area (Å²) in [5.74, 6) is 2.50. The Morgan fingerprint density at radius 2 is 1.78 bits per heavy atom. The molecule has 2 heterocycles. The fraction of sp³-hybridized carbons (Fsp3) is 0.125. The first-order chi connectivity index (χ1) is 15.6. The SMILES string of the molecule is C=CCOc1ccc(/C=c2\sc3nc(/C=C/c4ccc(OC)c(OC)c4)nn3c2=O)cc1. The Bertz CT molecular complexity index is 1390. The van der Waals surface area contributed by atoms with Gasteiger partial charge in [-0.25, -0.2) is 0 Å². The average Bonchev–Trinajstić information content (AvgIpc) is 3.35. The van der Waals surface area contributed by atoms with Crippen LogP contribution in [0.1, 0.15) is 17.0 Å². The Morgan fingerprint density at radius 1 is 1.03 bits per heavy atom. The van der Waals surface area contributed by atoms with Crippen LogP contribution in [0.25, 0.3) is 23.2 Å². The van der Waals surface area contributed by atoms with Crippen molar-refractivity contribution in [3.8, 4) is 17.2 Å². The maximum atomic E-state index is 12.7. The van der Waals surface area contributed by atoms with Crippen LogP contribution in [-0.2, 0) is 0 Å². The summed E-state index contributed by atoms with van der Waals surface area (Å²) in [4.78, 5) is 17.7. The van der Waals surface area contributed by atoms with E-state index in [-0.39, 0.29) is 5.56 Å². The molecule has 0 saturated carbocycles. The number of ether oxygens (including phenoxy) is 3. The van der Waals surface area contributed by atoms with Crippen LogP contribution in [0.3, 0.4) is 0 Å². The van der Waals surface area contributed by atoms with Gasteiger partial charge in [-0.05, 0) is 47.5 Å². The summed E-state index contributed by atoms with van der Waals surface area (Å²) in [7, 11) is 3.18. The third kappa shape index (κ3) is 4.55. The summed E-state index contributed by atoms with van der Waals surface area (Å²) < 4.78 is 17.9. The van der Waals surface area contributed by atoms with Gasteiger partial charge in [0.05, 0.1) is 18.8 Å². The summed E-state index contributed by atoms with van der Waals surface area (Å²) in [6.45, 7) is 4.08. The molecular formula is C24H21N3O4S. The van der Waals surface area contributed by atoms with Crippen LogP contribution < -0.4 is 24.3 Å². The van der Waals surface area contributed by atoms with Gasteiger partial charge in [-0.1, -0.05) is 48.3 Å². The molecule has 4 rings (SSSR count). The number of fused-ring (bicyclic) bond motifs is 1. The fourth-order valence-corrected chi connectivity index (χ4v) is 3.93. The van der Waals surface area contributed by atoms with Gasteiger partial charge in [0.15, 0.2) is 17.3 Å². The van der Waals surface area contributed by atoms with Crippen LogP contribution in [0.4, 0.5) is 0 Å². The Balaban J connectivity index is 1.56. The minimum Gasteiger partial charge on any atom is -0.493 e. The summed E-state index contributed by atoms with van der Waals surface area (Å²) in [5, 5.41) is 4.33. The first-order valence-electron chi connectivity index (χ1n) is 9.76. The molecule has 2 aromatic heterocycles. The van der Waals surface area contributed by atoms with Crippen LogP contribution in [-0.4, -0.2) is 35.4 Å². The topological polar surface area (TPSA) is 74.9 Å². The highest BCUT2D eigenvalue weighted by molar-refractivity contribution is 7.15. The number of aromatic nitrogens is 3. The number of hydrogen-bond acceptors (Lipinski definition) is 7. The second-order valence-corrected chi connectivity index (χ2v) is 7.71. The van der Waals surface area contributed by atoms with Crippen molar-refractivity contribution in [3.05, 3.63) is 87.0 Å². The van der Waals surface area contributed by atoms with Crippen molar-refractivity contribution in [1.29, 1.82) is 0 Å². The first-order valence-corrected chi connectivity index (χ1v) is 10.6. The van der Waals surface area contributed by atoms with Gasteiger partial charge in [0.25, 0.3) is 5.56 Å². The lowest BCUT2D eigenvalue weighted by Crippen LogP contribution is -2.23. The van der Waals surface area contributed by atoms with Gasteiger partial charge in [0.1, 0.15) is 12.4 Å². The van der Waals surface area contributed by atoms with E-state index in [0.717, 1.165) is 16.9 Å². The molecule has 0 N–H and O–H groups in total. The van der Waals surface area contributed by atoms with E-state index in [2.05, 4.69) is 16.7 Å². The molecule has 0 aliphatic heterocycles. The molecule has 0 bridgehead atoms. The Hall–Kier alpha value is -3.91. The van der Waals surface area contributed by atoms with E-state index < -0.39 is 0 Å².